The number of benzene rings is 1. The van der Waals surface area contributed by atoms with E-state index in [1.54, 1.807) is 0 Å². The number of hydrogen-bond acceptors (Lipinski definition) is 2. The van der Waals surface area contributed by atoms with Crippen molar-refractivity contribution in [3.8, 4) is 0 Å². The normalized spacial score (nSPS) is 20.4. The van der Waals surface area contributed by atoms with Crippen molar-refractivity contribution in [3.05, 3.63) is 30.3 Å². The number of carbonyl (C=O) groups is 1. The van der Waals surface area contributed by atoms with Gasteiger partial charge in [0, 0.05) is 12.1 Å². The highest BCUT2D eigenvalue weighted by molar-refractivity contribution is 5.90. The highest BCUT2D eigenvalue weighted by atomic mass is 16.1. The van der Waals surface area contributed by atoms with Crippen molar-refractivity contribution in [2.24, 2.45) is 5.92 Å². The Morgan fingerprint density at radius 1 is 1.38 bits per heavy atom. The van der Waals surface area contributed by atoms with E-state index in [0.29, 0.717) is 12.3 Å². The Labute approximate surface area is 96.2 Å². The molecule has 0 bridgehead atoms. The summed E-state index contributed by atoms with van der Waals surface area (Å²) in [6.45, 7) is 2.07. The zero-order valence-corrected chi connectivity index (χ0v) is 9.41. The van der Waals surface area contributed by atoms with E-state index in [0.717, 1.165) is 25.2 Å². The minimum Gasteiger partial charge on any atom is -0.326 e. The molecule has 1 aliphatic heterocycles. The number of para-hydroxylation sites is 1. The van der Waals surface area contributed by atoms with Crippen molar-refractivity contribution in [1.29, 1.82) is 0 Å². The summed E-state index contributed by atoms with van der Waals surface area (Å²) in [5.41, 5.74) is 0.885. The van der Waals surface area contributed by atoms with Crippen LogP contribution in [0.2, 0.25) is 0 Å². The number of amides is 1. The number of anilines is 1. The minimum absolute atomic E-state index is 0.125. The van der Waals surface area contributed by atoms with Crippen molar-refractivity contribution in [2.45, 2.75) is 19.3 Å². The molecule has 2 rings (SSSR count). The number of carbonyl (C=O) groups excluding carboxylic acids is 1. The molecule has 1 heterocycles. The smallest absolute Gasteiger partial charge is 0.224 e. The first-order valence-electron chi connectivity index (χ1n) is 5.90. The van der Waals surface area contributed by atoms with Crippen molar-refractivity contribution in [3.63, 3.8) is 0 Å². The first-order chi connectivity index (χ1) is 7.84. The molecular formula is C13H18N2O. The molecule has 1 aromatic rings. The van der Waals surface area contributed by atoms with Crippen molar-refractivity contribution < 1.29 is 4.79 Å². The highest BCUT2D eigenvalue weighted by Crippen LogP contribution is 2.15. The Kier molecular flexibility index (Phi) is 3.94. The van der Waals surface area contributed by atoms with Crippen molar-refractivity contribution >= 4 is 11.6 Å². The van der Waals surface area contributed by atoms with Gasteiger partial charge in [-0.15, -0.1) is 0 Å². The predicted molar refractivity (Wildman–Crippen MR) is 65.3 cm³/mol. The topological polar surface area (TPSA) is 41.1 Å². The molecule has 1 unspecified atom stereocenters. The Balaban J connectivity index is 1.80. The maximum atomic E-state index is 11.7. The summed E-state index contributed by atoms with van der Waals surface area (Å²) in [6.07, 6.45) is 2.97. The van der Waals surface area contributed by atoms with Gasteiger partial charge in [-0.05, 0) is 44.0 Å². The van der Waals surface area contributed by atoms with Crippen LogP contribution in [0.3, 0.4) is 0 Å². The van der Waals surface area contributed by atoms with Gasteiger partial charge in [0.05, 0.1) is 0 Å². The molecule has 1 fully saturated rings. The fourth-order valence-corrected chi connectivity index (χ4v) is 2.09. The van der Waals surface area contributed by atoms with E-state index in [2.05, 4.69) is 10.6 Å². The summed E-state index contributed by atoms with van der Waals surface area (Å²) >= 11 is 0. The molecule has 1 aromatic carbocycles. The van der Waals surface area contributed by atoms with Crippen LogP contribution in [0.4, 0.5) is 5.69 Å². The van der Waals surface area contributed by atoms with Crippen LogP contribution in [0.25, 0.3) is 0 Å². The summed E-state index contributed by atoms with van der Waals surface area (Å²) in [5, 5.41) is 6.25. The van der Waals surface area contributed by atoms with Gasteiger partial charge in [0.25, 0.3) is 0 Å². The molecule has 0 aliphatic carbocycles. The van der Waals surface area contributed by atoms with Gasteiger partial charge in [0.2, 0.25) is 5.91 Å². The third-order valence-electron chi connectivity index (χ3n) is 2.93. The lowest BCUT2D eigenvalue weighted by molar-refractivity contribution is -0.117. The Bertz CT molecular complexity index is 331. The first-order valence-corrected chi connectivity index (χ1v) is 5.90. The molecule has 1 atom stereocenters. The lowest BCUT2D eigenvalue weighted by atomic mass is 9.96. The van der Waals surface area contributed by atoms with Gasteiger partial charge in [-0.25, -0.2) is 0 Å². The van der Waals surface area contributed by atoms with Gasteiger partial charge in [0.1, 0.15) is 0 Å². The molecule has 0 aromatic heterocycles. The Morgan fingerprint density at radius 3 is 2.88 bits per heavy atom. The summed E-state index contributed by atoms with van der Waals surface area (Å²) in [5.74, 6) is 0.623. The van der Waals surface area contributed by atoms with Crippen molar-refractivity contribution in [2.75, 3.05) is 18.4 Å². The molecule has 3 heteroatoms. The maximum absolute atomic E-state index is 11.7. The third-order valence-corrected chi connectivity index (χ3v) is 2.93. The lowest BCUT2D eigenvalue weighted by Crippen LogP contribution is -2.32. The van der Waals surface area contributed by atoms with Crippen LogP contribution >= 0.6 is 0 Å². The minimum atomic E-state index is 0.125. The van der Waals surface area contributed by atoms with Crippen LogP contribution in [-0.4, -0.2) is 19.0 Å². The molecule has 1 amide bonds. The molecule has 1 aliphatic rings. The molecule has 0 radical (unpaired) electrons. The van der Waals surface area contributed by atoms with E-state index in [4.69, 9.17) is 0 Å². The number of nitrogens with one attached hydrogen (secondary N) is 2. The molecule has 2 N–H and O–H groups in total. The second kappa shape index (κ2) is 5.66. The number of piperidine rings is 1. The van der Waals surface area contributed by atoms with Gasteiger partial charge in [-0.1, -0.05) is 18.2 Å². The molecule has 86 valence electrons. The summed E-state index contributed by atoms with van der Waals surface area (Å²) in [4.78, 5) is 11.7. The average Bonchev–Trinajstić information content (AvgIpc) is 2.31. The summed E-state index contributed by atoms with van der Waals surface area (Å²) in [6, 6.07) is 9.63. The van der Waals surface area contributed by atoms with E-state index in [1.165, 1.54) is 6.42 Å². The van der Waals surface area contributed by atoms with Crippen LogP contribution in [-0.2, 0) is 4.79 Å². The van der Waals surface area contributed by atoms with Gasteiger partial charge in [-0.3, -0.25) is 4.79 Å². The zero-order chi connectivity index (χ0) is 11.2. The Hall–Kier alpha value is -1.35. The largest absolute Gasteiger partial charge is 0.326 e. The van der Waals surface area contributed by atoms with E-state index < -0.39 is 0 Å². The summed E-state index contributed by atoms with van der Waals surface area (Å²) < 4.78 is 0. The molecular weight excluding hydrogens is 200 g/mol. The molecule has 0 saturated carbocycles. The quantitative estimate of drug-likeness (QED) is 0.815. The monoisotopic (exact) mass is 218 g/mol. The fourth-order valence-electron chi connectivity index (χ4n) is 2.09. The number of hydrogen-bond donors (Lipinski definition) is 2. The maximum Gasteiger partial charge on any atom is 0.224 e. The first kappa shape index (κ1) is 11.1. The predicted octanol–water partition coefficient (Wildman–Crippen LogP) is 2.01. The van der Waals surface area contributed by atoms with Crippen LogP contribution in [0.5, 0.6) is 0 Å². The fraction of sp³-hybridized carbons (Fsp3) is 0.462. The molecule has 1 saturated heterocycles. The molecule has 3 nitrogen and oxygen atoms in total. The van der Waals surface area contributed by atoms with Gasteiger partial charge in [-0.2, -0.15) is 0 Å². The van der Waals surface area contributed by atoms with E-state index >= 15 is 0 Å². The highest BCUT2D eigenvalue weighted by Gasteiger charge is 2.16. The van der Waals surface area contributed by atoms with Gasteiger partial charge >= 0.3 is 0 Å². The molecule has 16 heavy (non-hydrogen) atoms. The Morgan fingerprint density at radius 2 is 2.19 bits per heavy atom. The number of rotatable bonds is 3. The van der Waals surface area contributed by atoms with E-state index in [-0.39, 0.29) is 5.91 Å². The second-order valence-corrected chi connectivity index (χ2v) is 4.33. The van der Waals surface area contributed by atoms with Gasteiger partial charge in [0.15, 0.2) is 0 Å². The van der Waals surface area contributed by atoms with Crippen LogP contribution in [0.1, 0.15) is 19.3 Å². The van der Waals surface area contributed by atoms with E-state index in [1.807, 2.05) is 30.3 Å². The van der Waals surface area contributed by atoms with E-state index in [9.17, 15) is 4.79 Å². The standard InChI is InChI=1S/C13H18N2O/c16-13(9-11-5-4-8-14-10-11)15-12-6-2-1-3-7-12/h1-3,6-7,11,14H,4-5,8-10H2,(H,15,16). The molecule has 0 spiro atoms. The second-order valence-electron chi connectivity index (χ2n) is 4.33. The lowest BCUT2D eigenvalue weighted by Gasteiger charge is -2.22. The van der Waals surface area contributed by atoms with Crippen LogP contribution in [0, 0.1) is 5.92 Å². The van der Waals surface area contributed by atoms with Gasteiger partial charge < -0.3 is 10.6 Å². The SMILES string of the molecule is O=C(CC1CCCNC1)Nc1ccccc1. The third kappa shape index (κ3) is 3.35. The summed E-state index contributed by atoms with van der Waals surface area (Å²) in [7, 11) is 0. The average molecular weight is 218 g/mol. The van der Waals surface area contributed by atoms with Crippen LogP contribution in [0.15, 0.2) is 30.3 Å². The van der Waals surface area contributed by atoms with Crippen LogP contribution < -0.4 is 10.6 Å². The zero-order valence-electron chi connectivity index (χ0n) is 9.41. The van der Waals surface area contributed by atoms with Crippen molar-refractivity contribution in [1.82, 2.24) is 5.32 Å².